The van der Waals surface area contributed by atoms with Crippen LogP contribution in [0.4, 0.5) is 5.82 Å². The SMILES string of the molecule is C[C@@H](NC(=O)c1ccoc1)C(=O)Nc1cc(-c2cc(Cl)cc(Cl)c2)[nH]n1. The van der Waals surface area contributed by atoms with Crippen LogP contribution in [0.3, 0.4) is 0 Å². The Balaban J connectivity index is 1.64. The molecule has 1 atom stereocenters. The van der Waals surface area contributed by atoms with Crippen molar-refractivity contribution in [3.8, 4) is 11.3 Å². The fourth-order valence-electron chi connectivity index (χ4n) is 2.22. The van der Waals surface area contributed by atoms with Gasteiger partial charge in [0, 0.05) is 21.7 Å². The molecule has 26 heavy (non-hydrogen) atoms. The lowest BCUT2D eigenvalue weighted by atomic mass is 10.1. The average Bonchev–Trinajstić information content (AvgIpc) is 3.25. The first kappa shape index (κ1) is 18.0. The number of hydrogen-bond donors (Lipinski definition) is 3. The van der Waals surface area contributed by atoms with Gasteiger partial charge in [-0.3, -0.25) is 14.7 Å². The van der Waals surface area contributed by atoms with Crippen LogP contribution in [-0.4, -0.2) is 28.1 Å². The Labute approximate surface area is 158 Å². The van der Waals surface area contributed by atoms with E-state index in [1.165, 1.54) is 18.6 Å². The number of anilines is 1. The molecule has 2 aromatic heterocycles. The van der Waals surface area contributed by atoms with Gasteiger partial charge in [-0.2, -0.15) is 5.10 Å². The molecule has 0 unspecified atom stereocenters. The fraction of sp³-hybridized carbons (Fsp3) is 0.118. The number of carbonyl (C=O) groups excluding carboxylic acids is 2. The van der Waals surface area contributed by atoms with Gasteiger partial charge in [0.25, 0.3) is 5.91 Å². The van der Waals surface area contributed by atoms with Gasteiger partial charge in [0.1, 0.15) is 12.3 Å². The zero-order valence-corrected chi connectivity index (χ0v) is 15.1. The van der Waals surface area contributed by atoms with Crippen molar-refractivity contribution in [2.45, 2.75) is 13.0 Å². The summed E-state index contributed by atoms with van der Waals surface area (Å²) < 4.78 is 4.84. The number of nitrogens with zero attached hydrogens (tertiary/aromatic N) is 1. The molecule has 9 heteroatoms. The molecular formula is C17H14Cl2N4O3. The first-order valence-electron chi connectivity index (χ1n) is 7.58. The van der Waals surface area contributed by atoms with Crippen LogP contribution in [0, 0.1) is 0 Å². The Morgan fingerprint density at radius 2 is 1.92 bits per heavy atom. The monoisotopic (exact) mass is 392 g/mol. The van der Waals surface area contributed by atoms with E-state index in [1.807, 2.05) is 0 Å². The second-order valence-electron chi connectivity index (χ2n) is 5.52. The minimum absolute atomic E-state index is 0.311. The van der Waals surface area contributed by atoms with Crippen molar-refractivity contribution in [3.63, 3.8) is 0 Å². The predicted molar refractivity (Wildman–Crippen MR) is 98.3 cm³/mol. The van der Waals surface area contributed by atoms with Gasteiger partial charge in [-0.05, 0) is 31.2 Å². The number of benzene rings is 1. The third-order valence-electron chi connectivity index (χ3n) is 3.53. The lowest BCUT2D eigenvalue weighted by molar-refractivity contribution is -0.117. The van der Waals surface area contributed by atoms with E-state index < -0.39 is 17.9 Å². The summed E-state index contributed by atoms with van der Waals surface area (Å²) in [5.41, 5.74) is 1.71. The molecule has 0 spiro atoms. The molecule has 3 aromatic rings. The maximum atomic E-state index is 12.2. The Morgan fingerprint density at radius 1 is 1.19 bits per heavy atom. The highest BCUT2D eigenvalue weighted by atomic mass is 35.5. The van der Waals surface area contributed by atoms with E-state index in [-0.39, 0.29) is 0 Å². The minimum Gasteiger partial charge on any atom is -0.472 e. The van der Waals surface area contributed by atoms with E-state index >= 15 is 0 Å². The second kappa shape index (κ2) is 7.63. The van der Waals surface area contributed by atoms with Gasteiger partial charge in [0.2, 0.25) is 5.91 Å². The van der Waals surface area contributed by atoms with Crippen LogP contribution in [-0.2, 0) is 4.79 Å². The number of hydrogen-bond acceptors (Lipinski definition) is 4. The molecule has 2 amide bonds. The number of halogens is 2. The number of aromatic nitrogens is 2. The first-order chi connectivity index (χ1) is 12.4. The van der Waals surface area contributed by atoms with Crippen molar-refractivity contribution in [2.75, 3.05) is 5.32 Å². The molecule has 0 saturated heterocycles. The lowest BCUT2D eigenvalue weighted by Crippen LogP contribution is -2.41. The largest absolute Gasteiger partial charge is 0.472 e. The zero-order chi connectivity index (χ0) is 18.7. The van der Waals surface area contributed by atoms with Crippen molar-refractivity contribution in [1.82, 2.24) is 15.5 Å². The van der Waals surface area contributed by atoms with Crippen LogP contribution >= 0.6 is 23.2 Å². The first-order valence-corrected chi connectivity index (χ1v) is 8.34. The molecule has 0 aliphatic rings. The van der Waals surface area contributed by atoms with Crippen molar-refractivity contribution in [1.29, 1.82) is 0 Å². The number of H-pyrrole nitrogens is 1. The molecule has 0 aliphatic heterocycles. The molecule has 2 heterocycles. The van der Waals surface area contributed by atoms with Gasteiger partial charge in [-0.1, -0.05) is 23.2 Å². The Kier molecular flexibility index (Phi) is 5.29. The summed E-state index contributed by atoms with van der Waals surface area (Å²) in [6.07, 6.45) is 2.68. The van der Waals surface area contributed by atoms with E-state index in [4.69, 9.17) is 27.6 Å². The van der Waals surface area contributed by atoms with E-state index in [9.17, 15) is 9.59 Å². The van der Waals surface area contributed by atoms with Crippen molar-refractivity contribution >= 4 is 40.8 Å². The van der Waals surface area contributed by atoms with Gasteiger partial charge in [-0.25, -0.2) is 0 Å². The highest BCUT2D eigenvalue weighted by Crippen LogP contribution is 2.27. The van der Waals surface area contributed by atoms with Crippen molar-refractivity contribution in [2.24, 2.45) is 0 Å². The van der Waals surface area contributed by atoms with Crippen LogP contribution in [0.25, 0.3) is 11.3 Å². The van der Waals surface area contributed by atoms with Crippen LogP contribution in [0.1, 0.15) is 17.3 Å². The molecule has 0 bridgehead atoms. The average molecular weight is 393 g/mol. The summed E-state index contributed by atoms with van der Waals surface area (Å²) in [5.74, 6) is -0.507. The molecule has 1 aromatic carbocycles. The summed E-state index contributed by atoms with van der Waals surface area (Å²) in [5, 5.41) is 13.0. The van der Waals surface area contributed by atoms with E-state index in [0.717, 1.165) is 5.56 Å². The van der Waals surface area contributed by atoms with Crippen LogP contribution < -0.4 is 10.6 Å². The van der Waals surface area contributed by atoms with Crippen LogP contribution in [0.2, 0.25) is 10.0 Å². The molecule has 3 N–H and O–H groups in total. The van der Waals surface area contributed by atoms with Gasteiger partial charge in [0.05, 0.1) is 17.5 Å². The third-order valence-corrected chi connectivity index (χ3v) is 3.96. The molecule has 0 radical (unpaired) electrons. The summed E-state index contributed by atoms with van der Waals surface area (Å²) in [7, 11) is 0. The molecular weight excluding hydrogens is 379 g/mol. The van der Waals surface area contributed by atoms with Gasteiger partial charge in [0.15, 0.2) is 5.82 Å². The molecule has 0 aliphatic carbocycles. The summed E-state index contributed by atoms with van der Waals surface area (Å²) in [6.45, 7) is 1.57. The van der Waals surface area contributed by atoms with E-state index in [2.05, 4.69) is 20.8 Å². The van der Waals surface area contributed by atoms with Crippen LogP contribution in [0.15, 0.2) is 47.3 Å². The molecule has 3 rings (SSSR count). The smallest absolute Gasteiger partial charge is 0.255 e. The fourth-order valence-corrected chi connectivity index (χ4v) is 2.74. The highest BCUT2D eigenvalue weighted by molar-refractivity contribution is 6.35. The topological polar surface area (TPSA) is 100 Å². The number of furan rings is 1. The summed E-state index contributed by atoms with van der Waals surface area (Å²) in [6, 6.07) is 7.45. The van der Waals surface area contributed by atoms with E-state index in [1.54, 1.807) is 31.2 Å². The van der Waals surface area contributed by atoms with Gasteiger partial charge in [-0.15, -0.1) is 0 Å². The Hall–Kier alpha value is -2.77. The Morgan fingerprint density at radius 3 is 2.58 bits per heavy atom. The maximum absolute atomic E-state index is 12.2. The quantitative estimate of drug-likeness (QED) is 0.615. The van der Waals surface area contributed by atoms with Crippen molar-refractivity contribution in [3.05, 3.63) is 58.5 Å². The lowest BCUT2D eigenvalue weighted by Gasteiger charge is -2.12. The number of carbonyl (C=O) groups is 2. The third kappa shape index (κ3) is 4.25. The summed E-state index contributed by atoms with van der Waals surface area (Å²) >= 11 is 12.0. The molecule has 0 saturated carbocycles. The molecule has 0 fully saturated rings. The standard InChI is InChI=1S/C17H14Cl2N4O3/c1-9(20-17(25)10-2-3-26-8-10)16(24)21-15-7-14(22-23-15)11-4-12(18)6-13(19)5-11/h2-9H,1H3,(H,20,25)(H2,21,22,23,24)/t9-/m1/s1. The second-order valence-corrected chi connectivity index (χ2v) is 6.39. The zero-order valence-electron chi connectivity index (χ0n) is 13.5. The van der Waals surface area contributed by atoms with Crippen molar-refractivity contribution < 1.29 is 14.0 Å². The van der Waals surface area contributed by atoms with Gasteiger partial charge < -0.3 is 15.1 Å². The number of aromatic amines is 1. The number of amides is 2. The normalized spacial score (nSPS) is 11.8. The Bertz CT molecular complexity index is 917. The highest BCUT2D eigenvalue weighted by Gasteiger charge is 2.18. The number of nitrogens with one attached hydrogen (secondary N) is 3. The van der Waals surface area contributed by atoms with Crippen LogP contribution in [0.5, 0.6) is 0 Å². The molecule has 7 nitrogen and oxygen atoms in total. The minimum atomic E-state index is -0.766. The maximum Gasteiger partial charge on any atom is 0.255 e. The predicted octanol–water partition coefficient (Wildman–Crippen LogP) is 3.73. The van der Waals surface area contributed by atoms with Gasteiger partial charge >= 0.3 is 0 Å². The van der Waals surface area contributed by atoms with E-state index in [0.29, 0.717) is 27.1 Å². The number of rotatable bonds is 5. The summed E-state index contributed by atoms with van der Waals surface area (Å²) in [4.78, 5) is 24.2. The molecule has 134 valence electrons.